The summed E-state index contributed by atoms with van der Waals surface area (Å²) in [6.45, 7) is 3.18. The van der Waals surface area contributed by atoms with E-state index < -0.39 is 18.0 Å². The maximum absolute atomic E-state index is 12.3. The number of hydrogen-bond acceptors (Lipinski definition) is 7. The second-order valence-electron chi connectivity index (χ2n) is 4.93. The summed E-state index contributed by atoms with van der Waals surface area (Å²) < 4.78 is 15.3. The number of carbonyl (C=O) groups is 2. The largest absolute Gasteiger partial charge is 0.496 e. The average molecular weight is 350 g/mol. The monoisotopic (exact) mass is 350 g/mol. The van der Waals surface area contributed by atoms with E-state index in [9.17, 15) is 9.59 Å². The molecule has 1 aromatic carbocycles. The van der Waals surface area contributed by atoms with Crippen LogP contribution in [-0.2, 0) is 9.53 Å². The molecule has 24 heavy (non-hydrogen) atoms. The lowest BCUT2D eigenvalue weighted by atomic mass is 10.2. The Morgan fingerprint density at radius 1 is 1.33 bits per heavy atom. The summed E-state index contributed by atoms with van der Waals surface area (Å²) in [5.41, 5.74) is 0.257. The minimum absolute atomic E-state index is 0.257. The van der Waals surface area contributed by atoms with E-state index >= 15 is 0 Å². The summed E-state index contributed by atoms with van der Waals surface area (Å²) in [6.07, 6.45) is 0.921. The van der Waals surface area contributed by atoms with Crippen LogP contribution < -0.4 is 10.1 Å². The van der Waals surface area contributed by atoms with Crippen molar-refractivity contribution in [3.8, 4) is 5.75 Å². The van der Waals surface area contributed by atoms with E-state index in [0.717, 1.165) is 4.90 Å². The van der Waals surface area contributed by atoms with E-state index in [4.69, 9.17) is 14.0 Å². The highest BCUT2D eigenvalue weighted by atomic mass is 32.2. The van der Waals surface area contributed by atoms with E-state index in [0.29, 0.717) is 11.5 Å². The molecule has 2 aromatic rings. The lowest BCUT2D eigenvalue weighted by Crippen LogP contribution is -2.30. The van der Waals surface area contributed by atoms with Gasteiger partial charge in [0, 0.05) is 11.0 Å². The summed E-state index contributed by atoms with van der Waals surface area (Å²) in [5.74, 6) is 0.0808. The van der Waals surface area contributed by atoms with Gasteiger partial charge in [-0.05, 0) is 38.3 Å². The number of nitrogens with one attached hydrogen (secondary N) is 1. The Balaban J connectivity index is 2.04. The van der Waals surface area contributed by atoms with Gasteiger partial charge >= 0.3 is 5.97 Å². The fourth-order valence-corrected chi connectivity index (χ4v) is 2.33. The molecular weight excluding hydrogens is 332 g/mol. The predicted molar refractivity (Wildman–Crippen MR) is 89.5 cm³/mol. The number of esters is 1. The molecule has 1 N–H and O–H groups in total. The molecule has 1 aromatic heterocycles. The normalized spacial score (nSPS) is 11.7. The van der Waals surface area contributed by atoms with Crippen molar-refractivity contribution < 1.29 is 23.6 Å². The summed E-state index contributed by atoms with van der Waals surface area (Å²) in [4.78, 5) is 25.3. The molecule has 1 amide bonds. The number of aromatic nitrogens is 1. The van der Waals surface area contributed by atoms with Crippen molar-refractivity contribution in [2.75, 3.05) is 18.7 Å². The van der Waals surface area contributed by atoms with Gasteiger partial charge in [-0.3, -0.25) is 4.79 Å². The SMILES string of the molecule is COc1cc(SC)ccc1C(=O)OC(C)C(=O)Nc1cc(C)on1. The van der Waals surface area contributed by atoms with Gasteiger partial charge in [-0.2, -0.15) is 0 Å². The molecular formula is C16H18N2O5S. The lowest BCUT2D eigenvalue weighted by molar-refractivity contribution is -0.123. The number of nitrogens with zero attached hydrogens (tertiary/aromatic N) is 1. The van der Waals surface area contributed by atoms with E-state index in [1.807, 2.05) is 6.26 Å². The van der Waals surface area contributed by atoms with Crippen molar-refractivity contribution in [1.82, 2.24) is 5.16 Å². The van der Waals surface area contributed by atoms with E-state index in [2.05, 4.69) is 10.5 Å². The first-order valence-corrected chi connectivity index (χ1v) is 8.34. The van der Waals surface area contributed by atoms with Crippen LogP contribution in [0.15, 0.2) is 33.7 Å². The van der Waals surface area contributed by atoms with Crippen LogP contribution in [0, 0.1) is 6.92 Å². The van der Waals surface area contributed by atoms with Gasteiger partial charge in [0.05, 0.1) is 7.11 Å². The second-order valence-corrected chi connectivity index (χ2v) is 5.81. The minimum atomic E-state index is -1.00. The molecule has 0 aliphatic heterocycles. The van der Waals surface area contributed by atoms with Gasteiger partial charge in [-0.15, -0.1) is 11.8 Å². The van der Waals surface area contributed by atoms with Crippen molar-refractivity contribution >= 4 is 29.5 Å². The standard InChI is InChI=1S/C16H18N2O5S/c1-9-7-14(18-23-9)17-15(19)10(2)22-16(20)12-6-5-11(24-4)8-13(12)21-3/h5-8,10H,1-4H3,(H,17,18,19). The maximum Gasteiger partial charge on any atom is 0.342 e. The second kappa shape index (κ2) is 7.87. The quantitative estimate of drug-likeness (QED) is 0.633. The number of carbonyl (C=O) groups excluding carboxylic acids is 2. The number of hydrogen-bond donors (Lipinski definition) is 1. The van der Waals surface area contributed by atoms with E-state index in [1.54, 1.807) is 31.2 Å². The highest BCUT2D eigenvalue weighted by Crippen LogP contribution is 2.26. The highest BCUT2D eigenvalue weighted by molar-refractivity contribution is 7.98. The van der Waals surface area contributed by atoms with E-state index in [-0.39, 0.29) is 11.4 Å². The first-order valence-electron chi connectivity index (χ1n) is 7.11. The molecule has 1 unspecified atom stereocenters. The van der Waals surface area contributed by atoms with Gasteiger partial charge in [-0.1, -0.05) is 5.16 Å². The number of aryl methyl sites for hydroxylation is 1. The van der Waals surface area contributed by atoms with Gasteiger partial charge in [0.15, 0.2) is 11.9 Å². The Hall–Kier alpha value is -2.48. The molecule has 0 fully saturated rings. The number of amides is 1. The van der Waals surface area contributed by atoms with E-state index in [1.165, 1.54) is 25.8 Å². The zero-order valence-electron chi connectivity index (χ0n) is 13.8. The van der Waals surface area contributed by atoms with Crippen LogP contribution in [0.25, 0.3) is 0 Å². The zero-order chi connectivity index (χ0) is 17.7. The van der Waals surface area contributed by atoms with Crippen molar-refractivity contribution in [2.45, 2.75) is 24.8 Å². The Morgan fingerprint density at radius 2 is 2.08 bits per heavy atom. The highest BCUT2D eigenvalue weighted by Gasteiger charge is 2.22. The molecule has 0 saturated carbocycles. The smallest absolute Gasteiger partial charge is 0.342 e. The molecule has 0 saturated heterocycles. The zero-order valence-corrected chi connectivity index (χ0v) is 14.6. The molecule has 0 spiro atoms. The van der Waals surface area contributed by atoms with Gasteiger partial charge in [0.1, 0.15) is 17.1 Å². The molecule has 0 bridgehead atoms. The van der Waals surface area contributed by atoms with Gasteiger partial charge in [-0.25, -0.2) is 4.79 Å². The molecule has 128 valence electrons. The number of anilines is 1. The van der Waals surface area contributed by atoms with Gasteiger partial charge in [0.2, 0.25) is 0 Å². The Morgan fingerprint density at radius 3 is 2.67 bits per heavy atom. The maximum atomic E-state index is 12.3. The van der Waals surface area contributed by atoms with Crippen molar-refractivity contribution in [3.63, 3.8) is 0 Å². The number of methoxy groups -OCH3 is 1. The van der Waals surface area contributed by atoms with Crippen molar-refractivity contribution in [1.29, 1.82) is 0 Å². The first kappa shape index (κ1) is 17.9. The third-order valence-corrected chi connectivity index (χ3v) is 3.89. The molecule has 0 aliphatic carbocycles. The van der Waals surface area contributed by atoms with Crippen LogP contribution >= 0.6 is 11.8 Å². The van der Waals surface area contributed by atoms with Crippen LogP contribution in [0.5, 0.6) is 5.75 Å². The van der Waals surface area contributed by atoms with Gasteiger partial charge < -0.3 is 19.3 Å². The number of rotatable bonds is 6. The fourth-order valence-electron chi connectivity index (χ4n) is 1.90. The van der Waals surface area contributed by atoms with Crippen LogP contribution in [0.3, 0.4) is 0 Å². The Labute approximate surface area is 143 Å². The van der Waals surface area contributed by atoms with Crippen molar-refractivity contribution in [3.05, 3.63) is 35.6 Å². The third-order valence-electron chi connectivity index (χ3n) is 3.16. The van der Waals surface area contributed by atoms with Crippen LogP contribution in [-0.4, -0.2) is 36.5 Å². The Kier molecular flexibility index (Phi) is 5.86. The molecule has 1 atom stereocenters. The van der Waals surface area contributed by atoms with Crippen LogP contribution in [0.4, 0.5) is 5.82 Å². The Bertz CT molecular complexity index is 744. The number of benzene rings is 1. The summed E-state index contributed by atoms with van der Waals surface area (Å²) >= 11 is 1.53. The number of thioether (sulfide) groups is 1. The topological polar surface area (TPSA) is 90.7 Å². The first-order chi connectivity index (χ1) is 11.4. The molecule has 8 heteroatoms. The number of ether oxygens (including phenoxy) is 2. The third kappa shape index (κ3) is 4.29. The average Bonchev–Trinajstić information content (AvgIpc) is 2.98. The fraction of sp³-hybridized carbons (Fsp3) is 0.312. The van der Waals surface area contributed by atoms with Gasteiger partial charge in [0.25, 0.3) is 5.91 Å². The molecule has 1 heterocycles. The summed E-state index contributed by atoms with van der Waals surface area (Å²) in [7, 11) is 1.47. The van der Waals surface area contributed by atoms with Crippen molar-refractivity contribution in [2.24, 2.45) is 0 Å². The molecule has 0 radical (unpaired) electrons. The predicted octanol–water partition coefficient (Wildman–Crippen LogP) is 2.90. The minimum Gasteiger partial charge on any atom is -0.496 e. The van der Waals surface area contributed by atoms with Crippen LogP contribution in [0.2, 0.25) is 0 Å². The summed E-state index contributed by atoms with van der Waals surface area (Å²) in [6, 6.07) is 6.70. The summed E-state index contributed by atoms with van der Waals surface area (Å²) in [5, 5.41) is 6.16. The lowest BCUT2D eigenvalue weighted by Gasteiger charge is -2.14. The van der Waals surface area contributed by atoms with Crippen LogP contribution in [0.1, 0.15) is 23.0 Å². The molecule has 2 rings (SSSR count). The molecule has 7 nitrogen and oxygen atoms in total. The molecule has 0 aliphatic rings.